The summed E-state index contributed by atoms with van der Waals surface area (Å²) in [6.07, 6.45) is 3.03. The van der Waals surface area contributed by atoms with E-state index in [0.29, 0.717) is 22.3 Å². The lowest BCUT2D eigenvalue weighted by Crippen LogP contribution is -2.14. The normalized spacial score (nSPS) is 10.6. The van der Waals surface area contributed by atoms with Crippen molar-refractivity contribution < 1.29 is 19.2 Å². The van der Waals surface area contributed by atoms with Gasteiger partial charge in [0, 0.05) is 32.0 Å². The number of methoxy groups -OCH3 is 1. The van der Waals surface area contributed by atoms with Gasteiger partial charge in [0.25, 0.3) is 11.6 Å². The van der Waals surface area contributed by atoms with E-state index in [-0.39, 0.29) is 23.7 Å². The minimum absolute atomic E-state index is 0.121. The molecule has 0 radical (unpaired) electrons. The third kappa shape index (κ3) is 5.10. The molecule has 3 aromatic rings. The van der Waals surface area contributed by atoms with E-state index in [4.69, 9.17) is 9.47 Å². The Balaban J connectivity index is 1.81. The summed E-state index contributed by atoms with van der Waals surface area (Å²) in [5.74, 6) is -0.301. The first-order valence-corrected chi connectivity index (χ1v) is 9.49. The van der Waals surface area contributed by atoms with Crippen molar-refractivity contribution in [2.24, 2.45) is 7.05 Å². The number of pyridine rings is 1. The van der Waals surface area contributed by atoms with Crippen LogP contribution in [0.5, 0.6) is 5.88 Å². The van der Waals surface area contributed by atoms with Crippen LogP contribution in [-0.2, 0) is 11.8 Å². The van der Waals surface area contributed by atoms with Crippen molar-refractivity contribution in [3.8, 4) is 5.88 Å². The number of nitro benzene ring substituents is 1. The molecule has 0 unspecified atom stereocenters. The molecule has 0 atom stereocenters. The molecule has 1 amide bonds. The second-order valence-electron chi connectivity index (χ2n) is 5.92. The molecule has 11 nitrogen and oxygen atoms in total. The maximum absolute atomic E-state index is 12.7. The van der Waals surface area contributed by atoms with Crippen LogP contribution in [0.2, 0.25) is 0 Å². The lowest BCUT2D eigenvalue weighted by molar-refractivity contribution is -0.387. The highest BCUT2D eigenvalue weighted by molar-refractivity contribution is 7.99. The molecule has 2 aromatic heterocycles. The minimum atomic E-state index is -0.543. The summed E-state index contributed by atoms with van der Waals surface area (Å²) in [5.41, 5.74) is 0.257. The van der Waals surface area contributed by atoms with Crippen molar-refractivity contribution >= 4 is 29.0 Å². The van der Waals surface area contributed by atoms with Gasteiger partial charge in [-0.1, -0.05) is 0 Å². The molecule has 0 aliphatic rings. The van der Waals surface area contributed by atoms with Gasteiger partial charge in [0.2, 0.25) is 5.88 Å². The van der Waals surface area contributed by atoms with Crippen molar-refractivity contribution in [2.45, 2.75) is 10.1 Å². The second-order valence-corrected chi connectivity index (χ2v) is 6.93. The number of hydrogen-bond donors (Lipinski definition) is 1. The van der Waals surface area contributed by atoms with Gasteiger partial charge < -0.3 is 19.4 Å². The fourth-order valence-electron chi connectivity index (χ4n) is 2.37. The molecule has 12 heteroatoms. The molecule has 0 aliphatic carbocycles. The Kier molecular flexibility index (Phi) is 6.93. The Morgan fingerprint density at radius 1 is 1.33 bits per heavy atom. The molecule has 1 N–H and O–H groups in total. The van der Waals surface area contributed by atoms with Crippen molar-refractivity contribution in [1.82, 2.24) is 19.7 Å². The molecule has 0 saturated heterocycles. The van der Waals surface area contributed by atoms with Crippen molar-refractivity contribution in [2.75, 3.05) is 25.6 Å². The lowest BCUT2D eigenvalue weighted by atomic mass is 10.2. The number of nitro groups is 1. The summed E-state index contributed by atoms with van der Waals surface area (Å²) in [6, 6.07) is 7.49. The van der Waals surface area contributed by atoms with Gasteiger partial charge >= 0.3 is 0 Å². The van der Waals surface area contributed by atoms with Crippen LogP contribution in [0, 0.1) is 10.1 Å². The monoisotopic (exact) mass is 430 g/mol. The van der Waals surface area contributed by atoms with Crippen LogP contribution in [0.3, 0.4) is 0 Å². The molecule has 1 aromatic carbocycles. The van der Waals surface area contributed by atoms with Crippen LogP contribution in [0.25, 0.3) is 0 Å². The fourth-order valence-corrected chi connectivity index (χ4v) is 3.22. The molecule has 0 aliphatic heterocycles. The molecule has 3 rings (SSSR count). The summed E-state index contributed by atoms with van der Waals surface area (Å²) in [6.45, 7) is 0.622. The van der Waals surface area contributed by atoms with Gasteiger partial charge in [-0.3, -0.25) is 14.9 Å². The Morgan fingerprint density at radius 2 is 2.17 bits per heavy atom. The Hall–Kier alpha value is -3.51. The minimum Gasteiger partial charge on any atom is -0.474 e. The highest BCUT2D eigenvalue weighted by atomic mass is 32.2. The van der Waals surface area contributed by atoms with E-state index < -0.39 is 10.8 Å². The van der Waals surface area contributed by atoms with Crippen LogP contribution in [-0.4, -0.2) is 50.9 Å². The maximum atomic E-state index is 12.7. The number of nitrogens with zero attached hydrogens (tertiary/aromatic N) is 5. The Morgan fingerprint density at radius 3 is 2.87 bits per heavy atom. The van der Waals surface area contributed by atoms with Crippen LogP contribution in [0.15, 0.2) is 52.9 Å². The van der Waals surface area contributed by atoms with Gasteiger partial charge in [-0.05, 0) is 36.0 Å². The summed E-state index contributed by atoms with van der Waals surface area (Å²) in [4.78, 5) is 28.1. The second kappa shape index (κ2) is 9.80. The van der Waals surface area contributed by atoms with E-state index in [9.17, 15) is 14.9 Å². The first-order valence-electron chi connectivity index (χ1n) is 8.68. The quantitative estimate of drug-likeness (QED) is 0.309. The predicted octanol–water partition coefficient (Wildman–Crippen LogP) is 2.55. The SMILES string of the molecule is COCCOc1ncccc1NC(=O)c1ccc(Sc2nncn2C)c([N+](=O)[O-])c1. The average molecular weight is 430 g/mol. The van der Waals surface area contributed by atoms with Crippen molar-refractivity contribution in [3.05, 3.63) is 58.5 Å². The van der Waals surface area contributed by atoms with E-state index in [1.165, 1.54) is 30.7 Å². The number of hydrogen-bond acceptors (Lipinski definition) is 9. The van der Waals surface area contributed by atoms with E-state index in [1.807, 2.05) is 0 Å². The number of carbonyl (C=O) groups is 1. The first kappa shape index (κ1) is 21.2. The lowest BCUT2D eigenvalue weighted by Gasteiger charge is -2.11. The standard InChI is InChI=1S/C18H18N6O5S/c1-23-11-20-22-18(23)30-15-6-5-12(10-14(15)24(26)27)16(25)21-13-4-3-7-19-17(13)29-9-8-28-2/h3-7,10-11H,8-9H2,1-2H3,(H,21,25). The number of amides is 1. The smallest absolute Gasteiger partial charge is 0.284 e. The number of benzene rings is 1. The van der Waals surface area contributed by atoms with Crippen molar-refractivity contribution in [3.63, 3.8) is 0 Å². The number of ether oxygens (including phenoxy) is 2. The molecule has 156 valence electrons. The van der Waals surface area contributed by atoms with Crippen molar-refractivity contribution in [1.29, 1.82) is 0 Å². The zero-order valence-corrected chi connectivity index (χ0v) is 17.0. The number of carbonyl (C=O) groups excluding carboxylic acids is 1. The number of rotatable bonds is 9. The molecular formula is C18H18N6O5S. The van der Waals surface area contributed by atoms with Crippen LogP contribution in [0.4, 0.5) is 11.4 Å². The Labute approximate surface area is 175 Å². The average Bonchev–Trinajstić information content (AvgIpc) is 3.14. The van der Waals surface area contributed by atoms with Crippen LogP contribution in [0.1, 0.15) is 10.4 Å². The summed E-state index contributed by atoms with van der Waals surface area (Å²) < 4.78 is 12.1. The topological polar surface area (TPSA) is 134 Å². The van der Waals surface area contributed by atoms with Gasteiger partial charge in [-0.15, -0.1) is 10.2 Å². The van der Waals surface area contributed by atoms with E-state index in [1.54, 1.807) is 30.9 Å². The molecular weight excluding hydrogens is 412 g/mol. The third-order valence-corrected chi connectivity index (χ3v) is 4.95. The highest BCUT2D eigenvalue weighted by Gasteiger charge is 2.20. The highest BCUT2D eigenvalue weighted by Crippen LogP contribution is 2.34. The third-order valence-electron chi connectivity index (χ3n) is 3.83. The van der Waals surface area contributed by atoms with Crippen LogP contribution >= 0.6 is 11.8 Å². The molecule has 0 saturated carbocycles. The molecule has 0 fully saturated rings. The first-order chi connectivity index (χ1) is 14.5. The summed E-state index contributed by atoms with van der Waals surface area (Å²) in [5, 5.41) is 22.4. The van der Waals surface area contributed by atoms with E-state index >= 15 is 0 Å². The number of aromatic nitrogens is 4. The fraction of sp³-hybridized carbons (Fsp3) is 0.222. The summed E-state index contributed by atoms with van der Waals surface area (Å²) >= 11 is 1.09. The molecule has 30 heavy (non-hydrogen) atoms. The van der Waals surface area contributed by atoms with Gasteiger partial charge in [0.05, 0.1) is 16.4 Å². The van der Waals surface area contributed by atoms with Gasteiger partial charge in [-0.2, -0.15) is 0 Å². The zero-order chi connectivity index (χ0) is 21.5. The van der Waals surface area contributed by atoms with Crippen LogP contribution < -0.4 is 10.1 Å². The van der Waals surface area contributed by atoms with E-state index in [0.717, 1.165) is 11.8 Å². The largest absolute Gasteiger partial charge is 0.474 e. The number of nitrogens with one attached hydrogen (secondary N) is 1. The maximum Gasteiger partial charge on any atom is 0.284 e. The molecule has 0 bridgehead atoms. The van der Waals surface area contributed by atoms with Gasteiger partial charge in [0.15, 0.2) is 5.16 Å². The number of anilines is 1. The Bertz CT molecular complexity index is 1060. The summed E-state index contributed by atoms with van der Waals surface area (Å²) in [7, 11) is 3.28. The van der Waals surface area contributed by atoms with Gasteiger partial charge in [0.1, 0.15) is 18.6 Å². The zero-order valence-electron chi connectivity index (χ0n) is 16.1. The predicted molar refractivity (Wildman–Crippen MR) is 108 cm³/mol. The van der Waals surface area contributed by atoms with E-state index in [2.05, 4.69) is 20.5 Å². The molecule has 2 heterocycles. The molecule has 0 spiro atoms. The number of aryl methyl sites for hydroxylation is 1. The van der Waals surface area contributed by atoms with Gasteiger partial charge in [-0.25, -0.2) is 4.98 Å².